The van der Waals surface area contributed by atoms with Gasteiger partial charge in [0.25, 0.3) is 5.91 Å². The first kappa shape index (κ1) is 13.3. The van der Waals surface area contributed by atoms with Crippen molar-refractivity contribution in [2.24, 2.45) is 11.8 Å². The maximum Gasteiger partial charge on any atom is 0.303 e. The topological polar surface area (TPSA) is 66.4 Å². The quantitative estimate of drug-likeness (QED) is 0.471. The summed E-state index contributed by atoms with van der Waals surface area (Å²) in [5, 5.41) is 11.4. The smallest absolute Gasteiger partial charge is 0.303 e. The average molecular weight is 283 g/mol. The van der Waals surface area contributed by atoms with E-state index in [4.69, 9.17) is 17.3 Å². The molecule has 1 heterocycles. The molecular weight excluding hydrogens is 270 g/mol. The van der Waals surface area contributed by atoms with E-state index in [0.717, 1.165) is 12.8 Å². The van der Waals surface area contributed by atoms with Crippen molar-refractivity contribution in [3.05, 3.63) is 23.1 Å². The van der Waals surface area contributed by atoms with E-state index < -0.39 is 5.97 Å². The van der Waals surface area contributed by atoms with Crippen LogP contribution in [0.3, 0.4) is 0 Å². The molecule has 0 spiro atoms. The zero-order valence-corrected chi connectivity index (χ0v) is 11.2. The zero-order chi connectivity index (χ0) is 13.1. The molecule has 0 bridgehead atoms. The van der Waals surface area contributed by atoms with Crippen LogP contribution in [0.5, 0.6) is 0 Å². The summed E-state index contributed by atoms with van der Waals surface area (Å²) in [5.74, 6) is -0.650. The molecule has 0 aromatic carbocycles. The summed E-state index contributed by atoms with van der Waals surface area (Å²) >= 11 is 6.18. The third kappa shape index (κ3) is 3.43. The van der Waals surface area contributed by atoms with Gasteiger partial charge in [-0.1, -0.05) is 42.2 Å². The van der Waals surface area contributed by atoms with Crippen LogP contribution in [0.1, 0.15) is 19.3 Å². The second-order valence-corrected chi connectivity index (χ2v) is 6.12. The van der Waals surface area contributed by atoms with Crippen molar-refractivity contribution in [1.29, 1.82) is 0 Å². The first-order valence-corrected chi connectivity index (χ1v) is 6.90. The first-order chi connectivity index (χ1) is 8.54. The normalized spacial score (nSPS) is 29.7. The maximum atomic E-state index is 11.5. The molecular formula is C12H13NO3S2. The summed E-state index contributed by atoms with van der Waals surface area (Å²) < 4.78 is 0.480. The third-order valence-corrected chi connectivity index (χ3v) is 4.11. The van der Waals surface area contributed by atoms with Gasteiger partial charge >= 0.3 is 5.97 Å². The van der Waals surface area contributed by atoms with Gasteiger partial charge in [-0.2, -0.15) is 0 Å². The van der Waals surface area contributed by atoms with Crippen molar-refractivity contribution in [3.63, 3.8) is 0 Å². The number of thioether (sulfide) groups is 1. The summed E-state index contributed by atoms with van der Waals surface area (Å²) in [7, 11) is 0. The van der Waals surface area contributed by atoms with Gasteiger partial charge in [-0.05, 0) is 24.7 Å². The van der Waals surface area contributed by atoms with Gasteiger partial charge in [0.05, 0.1) is 4.91 Å². The number of carbonyl (C=O) groups excluding carboxylic acids is 1. The van der Waals surface area contributed by atoms with Crippen LogP contribution in [-0.2, 0) is 9.59 Å². The van der Waals surface area contributed by atoms with Gasteiger partial charge in [0.15, 0.2) is 0 Å². The van der Waals surface area contributed by atoms with Crippen molar-refractivity contribution >= 4 is 40.2 Å². The van der Waals surface area contributed by atoms with Gasteiger partial charge in [-0.15, -0.1) is 0 Å². The summed E-state index contributed by atoms with van der Waals surface area (Å²) in [6.45, 7) is 0. The van der Waals surface area contributed by atoms with Crippen LogP contribution in [0.15, 0.2) is 23.1 Å². The molecule has 1 aliphatic carbocycles. The molecule has 2 aliphatic rings. The van der Waals surface area contributed by atoms with Crippen LogP contribution in [0.4, 0.5) is 0 Å². The van der Waals surface area contributed by atoms with E-state index in [1.165, 1.54) is 11.8 Å². The van der Waals surface area contributed by atoms with Gasteiger partial charge in [-0.3, -0.25) is 9.59 Å². The highest BCUT2D eigenvalue weighted by atomic mass is 32.2. The average Bonchev–Trinajstić information content (AvgIpc) is 2.57. The van der Waals surface area contributed by atoms with E-state index >= 15 is 0 Å². The Morgan fingerprint density at radius 3 is 3.06 bits per heavy atom. The third-order valence-electron chi connectivity index (χ3n) is 2.93. The Bertz CT molecular complexity index is 456. The van der Waals surface area contributed by atoms with Gasteiger partial charge in [0.1, 0.15) is 4.32 Å². The highest BCUT2D eigenvalue weighted by Crippen LogP contribution is 2.31. The van der Waals surface area contributed by atoms with Crippen LogP contribution >= 0.6 is 24.0 Å². The number of nitrogens with one attached hydrogen (secondary N) is 1. The molecule has 2 rings (SSSR count). The molecule has 1 amide bonds. The Morgan fingerprint density at radius 2 is 2.44 bits per heavy atom. The van der Waals surface area contributed by atoms with Crippen molar-refractivity contribution in [3.8, 4) is 0 Å². The van der Waals surface area contributed by atoms with E-state index in [2.05, 4.69) is 5.32 Å². The number of hydrogen-bond donors (Lipinski definition) is 2. The lowest BCUT2D eigenvalue weighted by Crippen LogP contribution is -2.18. The minimum absolute atomic E-state index is 0.122. The van der Waals surface area contributed by atoms with Crippen LogP contribution < -0.4 is 5.32 Å². The van der Waals surface area contributed by atoms with Crippen molar-refractivity contribution in [2.75, 3.05) is 0 Å². The first-order valence-electron chi connectivity index (χ1n) is 5.68. The number of thiocarbonyl (C=S) groups is 1. The molecule has 18 heavy (non-hydrogen) atoms. The molecule has 96 valence electrons. The molecule has 2 atom stereocenters. The standard InChI is InChI=1S/C12H13NO3S2/c14-10(15)6-8-3-1-2-7(4-8)5-9-11(16)13-12(17)18-9/h1-2,5,7-8H,3-4,6H2,(H,14,15)(H,13,16,17)/b9-5-. The number of aliphatic carboxylic acids is 1. The fourth-order valence-corrected chi connectivity index (χ4v) is 3.26. The van der Waals surface area contributed by atoms with Crippen molar-refractivity contribution < 1.29 is 14.7 Å². The van der Waals surface area contributed by atoms with Crippen LogP contribution in [-0.4, -0.2) is 21.3 Å². The van der Waals surface area contributed by atoms with Crippen molar-refractivity contribution in [1.82, 2.24) is 5.32 Å². The lowest BCUT2D eigenvalue weighted by Gasteiger charge is -2.21. The summed E-state index contributed by atoms with van der Waals surface area (Å²) in [5.41, 5.74) is 0. The molecule has 1 saturated heterocycles. The predicted molar refractivity (Wildman–Crippen MR) is 74.0 cm³/mol. The summed E-state index contributed by atoms with van der Waals surface area (Å²) in [6.07, 6.45) is 7.65. The van der Waals surface area contributed by atoms with Crippen LogP contribution in [0, 0.1) is 11.8 Å². The second kappa shape index (κ2) is 5.67. The molecule has 2 N–H and O–H groups in total. The van der Waals surface area contributed by atoms with Crippen LogP contribution in [0.25, 0.3) is 0 Å². The lowest BCUT2D eigenvalue weighted by atomic mass is 9.84. The molecule has 4 nitrogen and oxygen atoms in total. The van der Waals surface area contributed by atoms with Crippen molar-refractivity contribution in [2.45, 2.75) is 19.3 Å². The van der Waals surface area contributed by atoms with E-state index in [-0.39, 0.29) is 24.2 Å². The zero-order valence-electron chi connectivity index (χ0n) is 9.59. The minimum atomic E-state index is -0.768. The molecule has 2 unspecified atom stereocenters. The fourth-order valence-electron chi connectivity index (χ4n) is 2.17. The van der Waals surface area contributed by atoms with Gasteiger partial charge in [0.2, 0.25) is 0 Å². The number of hydrogen-bond acceptors (Lipinski definition) is 4. The molecule has 0 aromatic rings. The van der Waals surface area contributed by atoms with E-state index in [9.17, 15) is 9.59 Å². The van der Waals surface area contributed by atoms with Gasteiger partial charge in [-0.25, -0.2) is 0 Å². The molecule has 1 fully saturated rings. The number of carboxylic acid groups (broad SMARTS) is 1. The van der Waals surface area contributed by atoms with E-state index in [0.29, 0.717) is 9.23 Å². The predicted octanol–water partition coefficient (Wildman–Crippen LogP) is 2.08. The number of rotatable bonds is 3. The Kier molecular flexibility index (Phi) is 4.19. The van der Waals surface area contributed by atoms with E-state index in [1.807, 2.05) is 18.2 Å². The number of amides is 1. The summed E-state index contributed by atoms with van der Waals surface area (Å²) in [6, 6.07) is 0. The summed E-state index contributed by atoms with van der Waals surface area (Å²) in [4.78, 5) is 22.8. The Hall–Kier alpha value is -1.14. The largest absolute Gasteiger partial charge is 0.481 e. The highest BCUT2D eigenvalue weighted by molar-refractivity contribution is 8.26. The Labute approximate surface area is 115 Å². The number of carboxylic acids is 1. The van der Waals surface area contributed by atoms with Gasteiger partial charge in [0, 0.05) is 6.42 Å². The molecule has 6 heteroatoms. The maximum absolute atomic E-state index is 11.5. The molecule has 0 aromatic heterocycles. The SMILES string of the molecule is O=C(O)CC1CC=CC(/C=C2\SC(=S)NC2=O)C1. The fraction of sp³-hybridized carbons (Fsp3) is 0.417. The molecule has 1 aliphatic heterocycles. The van der Waals surface area contributed by atoms with Gasteiger partial charge < -0.3 is 10.4 Å². The number of allylic oxidation sites excluding steroid dienone is 3. The Balaban J connectivity index is 2.02. The monoisotopic (exact) mass is 283 g/mol. The highest BCUT2D eigenvalue weighted by Gasteiger charge is 2.25. The second-order valence-electron chi connectivity index (χ2n) is 4.40. The molecule has 0 saturated carbocycles. The Morgan fingerprint density at radius 1 is 1.67 bits per heavy atom. The lowest BCUT2D eigenvalue weighted by molar-refractivity contribution is -0.138. The minimum Gasteiger partial charge on any atom is -0.481 e. The van der Waals surface area contributed by atoms with Crippen LogP contribution in [0.2, 0.25) is 0 Å². The molecule has 0 radical (unpaired) electrons. The van der Waals surface area contributed by atoms with E-state index in [1.54, 1.807) is 0 Å². The number of carbonyl (C=O) groups is 2.